The summed E-state index contributed by atoms with van der Waals surface area (Å²) in [5.41, 5.74) is 0.770. The maximum atomic E-state index is 13.4. The number of anilines is 1. The largest absolute Gasteiger partial charge is 0.497 e. The minimum absolute atomic E-state index is 0.403. The first kappa shape index (κ1) is 23.5. The van der Waals surface area contributed by atoms with Gasteiger partial charge in [0.2, 0.25) is 5.78 Å². The van der Waals surface area contributed by atoms with E-state index in [1.165, 1.54) is 27.5 Å². The molecule has 3 atom stereocenters. The molecule has 2 aromatic rings. The molecule has 2 aromatic carbocycles. The van der Waals surface area contributed by atoms with Crippen LogP contribution in [0.4, 0.5) is 5.69 Å². The minimum Gasteiger partial charge on any atom is -0.497 e. The maximum Gasteiger partial charge on any atom is 0.203 e. The van der Waals surface area contributed by atoms with E-state index in [-0.39, 0.29) is 0 Å². The van der Waals surface area contributed by atoms with Crippen molar-refractivity contribution < 1.29 is 19.1 Å². The number of hydrogen-bond acceptors (Lipinski definition) is 8. The number of aliphatic imine (C=N–C) groups is 1. The monoisotopic (exact) mass is 422 g/mol. The zero-order valence-corrected chi connectivity index (χ0v) is 17.7. The molecule has 0 aromatic heterocycles. The van der Waals surface area contributed by atoms with Gasteiger partial charge >= 0.3 is 0 Å². The molecular formula is C23H26N4O4. The lowest BCUT2D eigenvalue weighted by molar-refractivity contribution is -0.115. The van der Waals surface area contributed by atoms with Crippen molar-refractivity contribution in [1.82, 2.24) is 0 Å². The topological polar surface area (TPSA) is 125 Å². The van der Waals surface area contributed by atoms with Gasteiger partial charge in [0.05, 0.1) is 25.8 Å². The summed E-state index contributed by atoms with van der Waals surface area (Å²) in [6.07, 6.45) is 2.89. The van der Waals surface area contributed by atoms with Gasteiger partial charge in [-0.1, -0.05) is 30.3 Å². The van der Waals surface area contributed by atoms with Crippen molar-refractivity contribution in [2.24, 2.45) is 16.8 Å². The fourth-order valence-electron chi connectivity index (χ4n) is 3.09. The van der Waals surface area contributed by atoms with Crippen molar-refractivity contribution in [1.29, 1.82) is 10.8 Å². The number of ketones is 1. The summed E-state index contributed by atoms with van der Waals surface area (Å²) < 4.78 is 10.6. The van der Waals surface area contributed by atoms with Crippen molar-refractivity contribution in [3.05, 3.63) is 54.1 Å². The molecule has 0 aliphatic heterocycles. The van der Waals surface area contributed by atoms with Gasteiger partial charge < -0.3 is 35.4 Å². The van der Waals surface area contributed by atoms with Gasteiger partial charge in [0.1, 0.15) is 23.8 Å². The SMILES string of the molecule is CN=CC(C=N)C(C=O)C(=N)C(=O)C(Nc1cc(OC)cc(OC)c1)c1ccccc1. The van der Waals surface area contributed by atoms with Crippen molar-refractivity contribution >= 4 is 35.9 Å². The normalized spacial score (nSPS) is 13.6. The quantitative estimate of drug-likeness (QED) is 0.358. The highest BCUT2D eigenvalue weighted by molar-refractivity contribution is 6.44. The zero-order chi connectivity index (χ0) is 22.8. The van der Waals surface area contributed by atoms with E-state index < -0.39 is 29.4 Å². The Labute approximate surface area is 181 Å². The smallest absolute Gasteiger partial charge is 0.203 e. The van der Waals surface area contributed by atoms with E-state index in [1.54, 1.807) is 42.5 Å². The Balaban J connectivity index is 2.45. The highest BCUT2D eigenvalue weighted by atomic mass is 16.5. The van der Waals surface area contributed by atoms with Crippen LogP contribution in [0.3, 0.4) is 0 Å². The molecule has 0 bridgehead atoms. The third-order valence-electron chi connectivity index (χ3n) is 4.73. The number of Topliss-reactive ketones (excluding diaryl/α,β-unsaturated/α-hetero) is 1. The Bertz CT molecular complexity index is 937. The van der Waals surface area contributed by atoms with Gasteiger partial charge in [0.15, 0.2) is 0 Å². The Morgan fingerprint density at radius 2 is 1.71 bits per heavy atom. The van der Waals surface area contributed by atoms with Crippen molar-refractivity contribution in [3.63, 3.8) is 0 Å². The van der Waals surface area contributed by atoms with Gasteiger partial charge in [-0.2, -0.15) is 0 Å². The zero-order valence-electron chi connectivity index (χ0n) is 17.7. The second-order valence-corrected chi connectivity index (χ2v) is 6.68. The lowest BCUT2D eigenvalue weighted by atomic mass is 9.85. The molecule has 0 saturated heterocycles. The van der Waals surface area contributed by atoms with Crippen LogP contribution in [0.15, 0.2) is 53.5 Å². The number of aldehydes is 1. The minimum atomic E-state index is -1.11. The molecule has 0 saturated carbocycles. The van der Waals surface area contributed by atoms with E-state index in [1.807, 2.05) is 6.07 Å². The van der Waals surface area contributed by atoms with Crippen LogP contribution in [0.5, 0.6) is 11.5 Å². The molecule has 162 valence electrons. The predicted octanol–water partition coefficient (Wildman–Crippen LogP) is 3.23. The van der Waals surface area contributed by atoms with Crippen LogP contribution in [0.2, 0.25) is 0 Å². The summed E-state index contributed by atoms with van der Waals surface area (Å²) in [5, 5.41) is 19.1. The molecule has 0 radical (unpaired) electrons. The van der Waals surface area contributed by atoms with Crippen LogP contribution in [0, 0.1) is 22.7 Å². The first-order valence-electron chi connectivity index (χ1n) is 9.54. The number of hydrogen-bond donors (Lipinski definition) is 3. The molecule has 3 N–H and O–H groups in total. The molecule has 0 aliphatic rings. The van der Waals surface area contributed by atoms with Crippen LogP contribution in [0.25, 0.3) is 0 Å². The van der Waals surface area contributed by atoms with Crippen LogP contribution < -0.4 is 14.8 Å². The standard InChI is InChI=1S/C23H26N4O4/c1-26-13-16(12-24)20(14-28)21(25)23(29)22(15-7-5-4-6-8-15)27-17-9-18(30-2)11-19(10-17)31-3/h4-14,16,20,22,24-25,27H,1-3H3. The van der Waals surface area contributed by atoms with Gasteiger partial charge in [-0.25, -0.2) is 0 Å². The lowest BCUT2D eigenvalue weighted by Crippen LogP contribution is -2.37. The van der Waals surface area contributed by atoms with Crippen LogP contribution >= 0.6 is 0 Å². The predicted molar refractivity (Wildman–Crippen MR) is 121 cm³/mol. The molecule has 3 unspecified atom stereocenters. The fraction of sp³-hybridized carbons (Fsp3) is 0.261. The molecule has 0 fully saturated rings. The molecule has 2 rings (SSSR count). The third kappa shape index (κ3) is 5.85. The summed E-state index contributed by atoms with van der Waals surface area (Å²) in [6.45, 7) is 0. The number of carbonyl (C=O) groups is 2. The second kappa shape index (κ2) is 11.4. The maximum absolute atomic E-state index is 13.4. The fourth-order valence-corrected chi connectivity index (χ4v) is 3.09. The highest BCUT2D eigenvalue weighted by Gasteiger charge is 2.32. The summed E-state index contributed by atoms with van der Waals surface area (Å²) in [7, 11) is 4.55. The molecular weight excluding hydrogens is 396 g/mol. The number of benzene rings is 2. The summed E-state index contributed by atoms with van der Waals surface area (Å²) >= 11 is 0. The van der Waals surface area contributed by atoms with E-state index in [0.29, 0.717) is 29.0 Å². The molecule has 0 aliphatic carbocycles. The molecule has 31 heavy (non-hydrogen) atoms. The molecule has 8 heteroatoms. The summed E-state index contributed by atoms with van der Waals surface area (Å²) in [6, 6.07) is 13.1. The van der Waals surface area contributed by atoms with Gasteiger partial charge in [-0.3, -0.25) is 4.79 Å². The van der Waals surface area contributed by atoms with Crippen molar-refractivity contribution in [2.75, 3.05) is 26.6 Å². The van der Waals surface area contributed by atoms with Crippen LogP contribution in [-0.2, 0) is 9.59 Å². The molecule has 0 heterocycles. The first-order chi connectivity index (χ1) is 15.0. The Kier molecular flexibility index (Phi) is 8.63. The van der Waals surface area contributed by atoms with Gasteiger partial charge in [0, 0.05) is 49.3 Å². The lowest BCUT2D eigenvalue weighted by Gasteiger charge is -2.23. The average Bonchev–Trinajstić information content (AvgIpc) is 2.81. The summed E-state index contributed by atoms with van der Waals surface area (Å²) in [4.78, 5) is 28.9. The first-order valence-corrected chi connectivity index (χ1v) is 9.54. The molecule has 8 nitrogen and oxygen atoms in total. The number of rotatable bonds is 12. The van der Waals surface area contributed by atoms with E-state index >= 15 is 0 Å². The number of nitrogens with zero attached hydrogens (tertiary/aromatic N) is 1. The van der Waals surface area contributed by atoms with Crippen molar-refractivity contribution in [2.45, 2.75) is 6.04 Å². The second-order valence-electron chi connectivity index (χ2n) is 6.68. The number of ether oxygens (including phenoxy) is 2. The highest BCUT2D eigenvalue weighted by Crippen LogP contribution is 2.29. The van der Waals surface area contributed by atoms with Gasteiger partial charge in [0.25, 0.3) is 0 Å². The van der Waals surface area contributed by atoms with Gasteiger partial charge in [-0.05, 0) is 5.56 Å². The Hall–Kier alpha value is -3.81. The number of methoxy groups -OCH3 is 2. The van der Waals surface area contributed by atoms with Gasteiger partial charge in [-0.15, -0.1) is 0 Å². The van der Waals surface area contributed by atoms with Crippen LogP contribution in [0.1, 0.15) is 11.6 Å². The molecule has 0 amide bonds. The molecule has 0 spiro atoms. The van der Waals surface area contributed by atoms with Crippen molar-refractivity contribution in [3.8, 4) is 11.5 Å². The summed E-state index contributed by atoms with van der Waals surface area (Å²) in [5.74, 6) is -1.40. The Morgan fingerprint density at radius 1 is 1.10 bits per heavy atom. The van der Waals surface area contributed by atoms with E-state index in [0.717, 1.165) is 6.21 Å². The third-order valence-corrected chi connectivity index (χ3v) is 4.73. The Morgan fingerprint density at radius 3 is 2.19 bits per heavy atom. The van der Waals surface area contributed by atoms with E-state index in [4.69, 9.17) is 20.3 Å². The van der Waals surface area contributed by atoms with E-state index in [9.17, 15) is 9.59 Å². The van der Waals surface area contributed by atoms with Crippen LogP contribution in [-0.4, -0.2) is 51.5 Å². The van der Waals surface area contributed by atoms with E-state index in [2.05, 4.69) is 10.3 Å². The number of nitrogens with one attached hydrogen (secondary N) is 3. The number of carbonyl (C=O) groups excluding carboxylic acids is 2. The average molecular weight is 422 g/mol.